The third-order valence-electron chi connectivity index (χ3n) is 3.07. The Balaban J connectivity index is 2.68. The quantitative estimate of drug-likeness (QED) is 0.930. The van der Waals surface area contributed by atoms with Crippen LogP contribution in [0, 0.1) is 6.92 Å². The first-order chi connectivity index (χ1) is 9.70. The van der Waals surface area contributed by atoms with Crippen LogP contribution in [0.5, 0.6) is 0 Å². The summed E-state index contributed by atoms with van der Waals surface area (Å²) in [6.07, 6.45) is 1.58. The molecule has 2 N–H and O–H groups in total. The van der Waals surface area contributed by atoms with Crippen molar-refractivity contribution in [2.45, 2.75) is 16.7 Å². The molecule has 112 valence electrons. The zero-order valence-electron chi connectivity index (χ0n) is 11.5. The van der Waals surface area contributed by atoms with Gasteiger partial charge in [-0.3, -0.25) is 4.21 Å². The van der Waals surface area contributed by atoms with Crippen LogP contribution in [0.15, 0.2) is 46.2 Å². The van der Waals surface area contributed by atoms with Crippen LogP contribution >= 0.6 is 11.6 Å². The van der Waals surface area contributed by atoms with Gasteiger partial charge in [-0.15, -0.1) is 0 Å². The first-order valence-electron chi connectivity index (χ1n) is 5.97. The van der Waals surface area contributed by atoms with Crippen LogP contribution in [0.4, 0.5) is 0 Å². The predicted molar refractivity (Wildman–Crippen MR) is 85.3 cm³/mol. The lowest BCUT2D eigenvalue weighted by Gasteiger charge is -2.12. The molecule has 0 amide bonds. The van der Waals surface area contributed by atoms with Crippen LogP contribution in [0.25, 0.3) is 11.1 Å². The molecule has 1 unspecified atom stereocenters. The lowest BCUT2D eigenvalue weighted by atomic mass is 10.0. The van der Waals surface area contributed by atoms with Crippen LogP contribution in [0.1, 0.15) is 5.56 Å². The van der Waals surface area contributed by atoms with E-state index in [2.05, 4.69) is 0 Å². The standard InChI is InChI=1S/C14H14ClNO3S2/c1-9-7-11(21(16,18)19)4-5-12(9)13-8-10(15)3-6-14(13)20(2)17/h3-8H,1-2H3,(H2,16,18,19). The number of nitrogens with two attached hydrogens (primary N) is 1. The van der Waals surface area contributed by atoms with Crippen molar-refractivity contribution >= 4 is 32.4 Å². The molecular formula is C14H14ClNO3S2. The van der Waals surface area contributed by atoms with Crippen molar-refractivity contribution in [2.75, 3.05) is 6.26 Å². The van der Waals surface area contributed by atoms with E-state index in [4.69, 9.17) is 16.7 Å². The van der Waals surface area contributed by atoms with E-state index in [1.54, 1.807) is 37.4 Å². The van der Waals surface area contributed by atoms with Crippen LogP contribution < -0.4 is 5.14 Å². The zero-order valence-corrected chi connectivity index (χ0v) is 13.8. The number of benzene rings is 2. The van der Waals surface area contributed by atoms with Gasteiger partial charge in [-0.2, -0.15) is 0 Å². The van der Waals surface area contributed by atoms with Gasteiger partial charge in [-0.25, -0.2) is 13.6 Å². The number of rotatable bonds is 3. The Morgan fingerprint density at radius 2 is 1.76 bits per heavy atom. The Bertz CT molecular complexity index is 832. The van der Waals surface area contributed by atoms with Crippen molar-refractivity contribution < 1.29 is 12.6 Å². The molecule has 0 spiro atoms. The minimum Gasteiger partial charge on any atom is -0.255 e. The fourth-order valence-electron chi connectivity index (χ4n) is 2.08. The van der Waals surface area contributed by atoms with Crippen molar-refractivity contribution in [3.63, 3.8) is 0 Å². The molecular weight excluding hydrogens is 330 g/mol. The maximum Gasteiger partial charge on any atom is 0.238 e. The Morgan fingerprint density at radius 1 is 1.10 bits per heavy atom. The van der Waals surface area contributed by atoms with E-state index in [1.807, 2.05) is 0 Å². The zero-order chi connectivity index (χ0) is 15.8. The molecule has 0 fully saturated rings. The number of hydrogen-bond donors (Lipinski definition) is 1. The van der Waals surface area contributed by atoms with E-state index >= 15 is 0 Å². The second kappa shape index (κ2) is 5.88. The summed E-state index contributed by atoms with van der Waals surface area (Å²) in [5.74, 6) is 0. The Hall–Kier alpha value is -1.21. The highest BCUT2D eigenvalue weighted by Gasteiger charge is 2.14. The smallest absolute Gasteiger partial charge is 0.238 e. The van der Waals surface area contributed by atoms with Gasteiger partial charge < -0.3 is 0 Å². The summed E-state index contributed by atoms with van der Waals surface area (Å²) in [6.45, 7) is 1.77. The number of hydrogen-bond acceptors (Lipinski definition) is 3. The molecule has 2 aromatic carbocycles. The lowest BCUT2D eigenvalue weighted by molar-refractivity contribution is 0.597. The van der Waals surface area contributed by atoms with Crippen molar-refractivity contribution in [2.24, 2.45) is 5.14 Å². The monoisotopic (exact) mass is 343 g/mol. The second-order valence-electron chi connectivity index (χ2n) is 4.62. The molecule has 0 aromatic heterocycles. The van der Waals surface area contributed by atoms with Gasteiger partial charge in [0.25, 0.3) is 0 Å². The van der Waals surface area contributed by atoms with Gasteiger partial charge in [-0.05, 0) is 53.9 Å². The molecule has 0 saturated carbocycles. The third kappa shape index (κ3) is 3.52. The molecule has 0 aliphatic carbocycles. The lowest BCUT2D eigenvalue weighted by Crippen LogP contribution is -2.12. The maximum absolute atomic E-state index is 11.8. The average Bonchev–Trinajstić information content (AvgIpc) is 2.37. The number of primary sulfonamides is 1. The van der Waals surface area contributed by atoms with E-state index < -0.39 is 20.8 Å². The van der Waals surface area contributed by atoms with E-state index in [0.717, 1.165) is 16.7 Å². The van der Waals surface area contributed by atoms with Crippen LogP contribution in [-0.2, 0) is 20.8 Å². The van der Waals surface area contributed by atoms with Crippen molar-refractivity contribution in [1.82, 2.24) is 0 Å². The molecule has 0 heterocycles. The highest BCUT2D eigenvalue weighted by molar-refractivity contribution is 7.89. The fourth-order valence-corrected chi connectivity index (χ4v) is 3.59. The Labute approximate surface area is 131 Å². The van der Waals surface area contributed by atoms with Crippen molar-refractivity contribution in [3.8, 4) is 11.1 Å². The summed E-state index contributed by atoms with van der Waals surface area (Å²) in [5.41, 5.74) is 2.22. The minimum atomic E-state index is -3.74. The average molecular weight is 344 g/mol. The van der Waals surface area contributed by atoms with Crippen molar-refractivity contribution in [3.05, 3.63) is 47.0 Å². The van der Waals surface area contributed by atoms with Crippen molar-refractivity contribution in [1.29, 1.82) is 0 Å². The summed E-state index contributed by atoms with van der Waals surface area (Å²) in [7, 11) is -4.93. The van der Waals surface area contributed by atoms with Gasteiger partial charge in [-0.1, -0.05) is 17.7 Å². The minimum absolute atomic E-state index is 0.0462. The van der Waals surface area contributed by atoms with Gasteiger partial charge in [0.1, 0.15) is 0 Å². The highest BCUT2D eigenvalue weighted by Crippen LogP contribution is 2.32. The van der Waals surface area contributed by atoms with E-state index in [-0.39, 0.29) is 4.90 Å². The Kier molecular flexibility index (Phi) is 4.53. The van der Waals surface area contributed by atoms with Gasteiger partial charge in [0, 0.05) is 16.2 Å². The molecule has 0 radical (unpaired) electrons. The molecule has 7 heteroatoms. The summed E-state index contributed by atoms with van der Waals surface area (Å²) in [6, 6.07) is 9.68. The first kappa shape index (κ1) is 16.2. The molecule has 21 heavy (non-hydrogen) atoms. The predicted octanol–water partition coefficient (Wildman–Crippen LogP) is 2.70. The number of aryl methyl sites for hydroxylation is 1. The van der Waals surface area contributed by atoms with E-state index in [9.17, 15) is 12.6 Å². The molecule has 0 aliphatic rings. The SMILES string of the molecule is Cc1cc(S(N)(=O)=O)ccc1-c1cc(Cl)ccc1S(C)=O. The molecule has 0 saturated heterocycles. The summed E-state index contributed by atoms with van der Waals surface area (Å²) in [4.78, 5) is 0.691. The van der Waals surface area contributed by atoms with E-state index in [0.29, 0.717) is 9.92 Å². The number of sulfonamides is 1. The summed E-state index contributed by atoms with van der Waals surface area (Å²) >= 11 is 6.01. The van der Waals surface area contributed by atoms with Crippen LogP contribution in [-0.4, -0.2) is 18.9 Å². The molecule has 4 nitrogen and oxygen atoms in total. The van der Waals surface area contributed by atoms with Crippen LogP contribution in [0.3, 0.4) is 0 Å². The van der Waals surface area contributed by atoms with Gasteiger partial charge in [0.05, 0.1) is 15.7 Å². The number of halogens is 1. The molecule has 1 atom stereocenters. The first-order valence-corrected chi connectivity index (χ1v) is 9.45. The normalized spacial score (nSPS) is 13.1. The fraction of sp³-hybridized carbons (Fsp3) is 0.143. The molecule has 0 bridgehead atoms. The van der Waals surface area contributed by atoms with Gasteiger partial charge in [0.15, 0.2) is 0 Å². The second-order valence-corrected chi connectivity index (χ2v) is 7.96. The summed E-state index contributed by atoms with van der Waals surface area (Å²) in [5, 5.41) is 5.64. The molecule has 2 rings (SSSR count). The topological polar surface area (TPSA) is 77.2 Å². The van der Waals surface area contributed by atoms with Gasteiger partial charge >= 0.3 is 0 Å². The van der Waals surface area contributed by atoms with E-state index in [1.165, 1.54) is 12.1 Å². The molecule has 0 aliphatic heterocycles. The summed E-state index contributed by atoms with van der Waals surface area (Å²) < 4.78 is 34.6. The third-order valence-corrected chi connectivity index (χ3v) is 5.19. The maximum atomic E-state index is 11.8. The Morgan fingerprint density at radius 3 is 2.29 bits per heavy atom. The molecule has 2 aromatic rings. The van der Waals surface area contributed by atoms with Gasteiger partial charge in [0.2, 0.25) is 10.0 Å². The highest BCUT2D eigenvalue weighted by atomic mass is 35.5. The van der Waals surface area contributed by atoms with Crippen LogP contribution in [0.2, 0.25) is 5.02 Å². The largest absolute Gasteiger partial charge is 0.255 e.